The normalized spacial score (nSPS) is 10.5. The lowest BCUT2D eigenvalue weighted by molar-refractivity contribution is -0.116. The van der Waals surface area contributed by atoms with Gasteiger partial charge in [0.25, 0.3) is 0 Å². The highest BCUT2D eigenvalue weighted by Gasteiger charge is 2.03. The fourth-order valence-electron chi connectivity index (χ4n) is 1.66. The van der Waals surface area contributed by atoms with E-state index in [1.165, 1.54) is 4.88 Å². The van der Waals surface area contributed by atoms with Gasteiger partial charge in [-0.15, -0.1) is 11.3 Å². The van der Waals surface area contributed by atoms with Crippen molar-refractivity contribution >= 4 is 38.9 Å². The maximum Gasteiger partial charge on any atom is 0.225 e. The number of halogens is 1. The van der Waals surface area contributed by atoms with Gasteiger partial charge in [-0.2, -0.15) is 0 Å². The quantitative estimate of drug-likeness (QED) is 0.783. The van der Waals surface area contributed by atoms with Crippen LogP contribution in [-0.2, 0) is 11.3 Å². The Balaban J connectivity index is 1.66. The molecule has 0 spiro atoms. The molecule has 1 aromatic carbocycles. The first-order valence-electron chi connectivity index (χ1n) is 6.31. The number of hydrogen-bond acceptors (Lipinski definition) is 4. The van der Waals surface area contributed by atoms with Gasteiger partial charge in [0.1, 0.15) is 0 Å². The summed E-state index contributed by atoms with van der Waals surface area (Å²) in [5.74, 6) is 0.0142. The van der Waals surface area contributed by atoms with Gasteiger partial charge in [-0.05, 0) is 31.2 Å². The van der Waals surface area contributed by atoms with Crippen molar-refractivity contribution in [2.45, 2.75) is 19.9 Å². The number of benzene rings is 1. The van der Waals surface area contributed by atoms with Crippen LogP contribution in [0, 0.1) is 6.92 Å². The van der Waals surface area contributed by atoms with Crippen molar-refractivity contribution in [3.8, 4) is 0 Å². The first-order chi connectivity index (χ1) is 9.63. The molecule has 0 bridgehead atoms. The number of anilines is 1. The molecule has 6 heteroatoms. The van der Waals surface area contributed by atoms with Crippen LogP contribution < -0.4 is 10.6 Å². The Morgan fingerprint density at radius 1 is 1.35 bits per heavy atom. The van der Waals surface area contributed by atoms with Gasteiger partial charge in [0, 0.05) is 40.7 Å². The van der Waals surface area contributed by atoms with Crippen LogP contribution in [0.25, 0.3) is 0 Å². The Morgan fingerprint density at radius 2 is 2.10 bits per heavy atom. The van der Waals surface area contributed by atoms with Crippen molar-refractivity contribution in [3.05, 3.63) is 44.8 Å². The number of aromatic nitrogens is 1. The monoisotopic (exact) mass is 353 g/mol. The van der Waals surface area contributed by atoms with E-state index in [0.29, 0.717) is 13.0 Å². The smallest absolute Gasteiger partial charge is 0.225 e. The molecule has 4 nitrogen and oxygen atoms in total. The van der Waals surface area contributed by atoms with Crippen molar-refractivity contribution in [2.24, 2.45) is 0 Å². The molecule has 1 amide bonds. The second kappa shape index (κ2) is 7.52. The van der Waals surface area contributed by atoms with Gasteiger partial charge in [0.2, 0.25) is 5.91 Å². The summed E-state index contributed by atoms with van der Waals surface area (Å²) in [4.78, 5) is 17.1. The fourth-order valence-corrected chi connectivity index (χ4v) is 2.69. The molecular formula is C14H16BrN3OS. The maximum atomic E-state index is 11.7. The van der Waals surface area contributed by atoms with Crippen molar-refractivity contribution in [1.82, 2.24) is 10.3 Å². The van der Waals surface area contributed by atoms with E-state index in [1.54, 1.807) is 11.3 Å². The number of amides is 1. The van der Waals surface area contributed by atoms with Crippen LogP contribution in [0.15, 0.2) is 34.9 Å². The van der Waals surface area contributed by atoms with Crippen LogP contribution in [0.1, 0.15) is 16.3 Å². The van der Waals surface area contributed by atoms with Crippen molar-refractivity contribution in [2.75, 3.05) is 11.9 Å². The molecule has 106 valence electrons. The molecule has 2 N–H and O–H groups in total. The minimum Gasteiger partial charge on any atom is -0.326 e. The zero-order valence-electron chi connectivity index (χ0n) is 11.1. The topological polar surface area (TPSA) is 54.0 Å². The molecule has 2 aromatic rings. The Bertz CT molecular complexity index is 568. The zero-order valence-corrected chi connectivity index (χ0v) is 13.6. The summed E-state index contributed by atoms with van der Waals surface area (Å²) >= 11 is 5.03. The van der Waals surface area contributed by atoms with E-state index in [1.807, 2.05) is 37.4 Å². The molecule has 0 saturated heterocycles. The van der Waals surface area contributed by atoms with Crippen LogP contribution in [0.4, 0.5) is 5.69 Å². The van der Waals surface area contributed by atoms with Crippen molar-refractivity contribution in [1.29, 1.82) is 0 Å². The third-order valence-corrected chi connectivity index (χ3v) is 4.07. The lowest BCUT2D eigenvalue weighted by Gasteiger charge is -2.06. The Hall–Kier alpha value is -1.24. The fraction of sp³-hybridized carbons (Fsp3) is 0.286. The number of hydrogen-bond donors (Lipinski definition) is 2. The molecule has 0 aliphatic rings. The minimum absolute atomic E-state index is 0.0142. The van der Waals surface area contributed by atoms with E-state index >= 15 is 0 Å². The van der Waals surface area contributed by atoms with Crippen LogP contribution >= 0.6 is 27.3 Å². The summed E-state index contributed by atoms with van der Waals surface area (Å²) in [6, 6.07) is 7.55. The second-order valence-corrected chi connectivity index (χ2v) is 6.56. The Labute approximate surface area is 130 Å². The molecule has 0 saturated carbocycles. The molecular weight excluding hydrogens is 338 g/mol. The summed E-state index contributed by atoms with van der Waals surface area (Å²) in [5.41, 5.74) is 0.816. The van der Waals surface area contributed by atoms with E-state index in [0.717, 1.165) is 21.7 Å². The number of nitrogens with one attached hydrogen (secondary N) is 2. The largest absolute Gasteiger partial charge is 0.326 e. The Morgan fingerprint density at radius 3 is 2.75 bits per heavy atom. The maximum absolute atomic E-state index is 11.7. The number of aryl methyl sites for hydroxylation is 1. The van der Waals surface area contributed by atoms with Gasteiger partial charge in [-0.1, -0.05) is 15.9 Å². The third-order valence-electron chi connectivity index (χ3n) is 2.63. The average molecular weight is 354 g/mol. The molecule has 1 heterocycles. The lowest BCUT2D eigenvalue weighted by atomic mass is 10.3. The predicted molar refractivity (Wildman–Crippen MR) is 85.9 cm³/mol. The third kappa shape index (κ3) is 5.03. The molecule has 20 heavy (non-hydrogen) atoms. The first-order valence-corrected chi connectivity index (χ1v) is 7.92. The van der Waals surface area contributed by atoms with E-state index in [4.69, 9.17) is 0 Å². The van der Waals surface area contributed by atoms with Crippen molar-refractivity contribution < 1.29 is 4.79 Å². The molecule has 0 radical (unpaired) electrons. The molecule has 0 atom stereocenters. The molecule has 1 aromatic heterocycles. The SMILES string of the molecule is Cc1ncc(CNCCC(=O)Nc2ccc(Br)cc2)s1. The predicted octanol–water partition coefficient (Wildman–Crippen LogP) is 3.33. The highest BCUT2D eigenvalue weighted by Crippen LogP contribution is 2.14. The summed E-state index contributed by atoms with van der Waals surface area (Å²) in [5, 5.41) is 7.17. The molecule has 2 rings (SSSR count). The van der Waals surface area contributed by atoms with Crippen LogP contribution in [0.5, 0.6) is 0 Å². The van der Waals surface area contributed by atoms with Crippen LogP contribution in [-0.4, -0.2) is 17.4 Å². The number of rotatable bonds is 6. The van der Waals surface area contributed by atoms with E-state index in [2.05, 4.69) is 31.5 Å². The van der Waals surface area contributed by atoms with Gasteiger partial charge in [-0.3, -0.25) is 4.79 Å². The number of carbonyl (C=O) groups is 1. The molecule has 0 fully saturated rings. The van der Waals surface area contributed by atoms with Crippen LogP contribution in [0.2, 0.25) is 0 Å². The highest BCUT2D eigenvalue weighted by molar-refractivity contribution is 9.10. The zero-order chi connectivity index (χ0) is 14.4. The first kappa shape index (κ1) is 15.2. The van der Waals surface area contributed by atoms with E-state index < -0.39 is 0 Å². The van der Waals surface area contributed by atoms with Gasteiger partial charge in [0.15, 0.2) is 0 Å². The molecule has 0 aliphatic heterocycles. The van der Waals surface area contributed by atoms with Gasteiger partial charge in [0.05, 0.1) is 5.01 Å². The summed E-state index contributed by atoms with van der Waals surface area (Å²) in [7, 11) is 0. The van der Waals surface area contributed by atoms with Crippen LogP contribution in [0.3, 0.4) is 0 Å². The standard InChI is InChI=1S/C14H16BrN3OS/c1-10-17-9-13(20-10)8-16-7-6-14(19)18-12-4-2-11(15)3-5-12/h2-5,9,16H,6-8H2,1H3,(H,18,19). The summed E-state index contributed by atoms with van der Waals surface area (Å²) in [6.07, 6.45) is 2.32. The summed E-state index contributed by atoms with van der Waals surface area (Å²) in [6.45, 7) is 3.40. The van der Waals surface area contributed by atoms with E-state index in [9.17, 15) is 4.79 Å². The number of nitrogens with zero attached hydrogens (tertiary/aromatic N) is 1. The molecule has 0 unspecified atom stereocenters. The summed E-state index contributed by atoms with van der Waals surface area (Å²) < 4.78 is 0.997. The van der Waals surface area contributed by atoms with Crippen molar-refractivity contribution in [3.63, 3.8) is 0 Å². The number of thiazole rings is 1. The lowest BCUT2D eigenvalue weighted by Crippen LogP contribution is -2.21. The minimum atomic E-state index is 0.0142. The van der Waals surface area contributed by atoms with Gasteiger partial charge < -0.3 is 10.6 Å². The van der Waals surface area contributed by atoms with E-state index in [-0.39, 0.29) is 5.91 Å². The second-order valence-electron chi connectivity index (χ2n) is 4.33. The Kier molecular flexibility index (Phi) is 5.70. The number of carbonyl (C=O) groups excluding carboxylic acids is 1. The van der Waals surface area contributed by atoms with Gasteiger partial charge >= 0.3 is 0 Å². The van der Waals surface area contributed by atoms with Gasteiger partial charge in [-0.25, -0.2) is 4.98 Å². The average Bonchev–Trinajstić information content (AvgIpc) is 2.83. The highest BCUT2D eigenvalue weighted by atomic mass is 79.9. The molecule has 0 aliphatic carbocycles.